The fourth-order valence-corrected chi connectivity index (χ4v) is 3.32. The molecule has 0 aromatic carbocycles. The summed E-state index contributed by atoms with van der Waals surface area (Å²) < 4.78 is 78.8. The summed E-state index contributed by atoms with van der Waals surface area (Å²) in [5.41, 5.74) is 0.0678. The number of hydrogen-bond acceptors (Lipinski definition) is 5. The zero-order chi connectivity index (χ0) is 21.4. The maximum Gasteiger partial charge on any atom is 0.391 e. The van der Waals surface area contributed by atoms with E-state index in [4.69, 9.17) is 0 Å². The number of anilines is 1. The molecule has 11 heteroatoms. The van der Waals surface area contributed by atoms with Gasteiger partial charge in [-0.25, -0.2) is 18.2 Å². The van der Waals surface area contributed by atoms with Crippen LogP contribution in [0.1, 0.15) is 57.1 Å². The SMILES string of the molecule is C[C@@H](CCc1nc(NC2CC(F)(F)C2)nc(C2=C(F)C(O)CCC2)n1)C(F)(F)F. The molecule has 2 aliphatic carbocycles. The Bertz CT molecular complexity index is 774. The van der Waals surface area contributed by atoms with Gasteiger partial charge in [0.2, 0.25) is 5.95 Å². The monoisotopic (exact) mass is 424 g/mol. The molecule has 0 bridgehead atoms. The summed E-state index contributed by atoms with van der Waals surface area (Å²) in [6, 6.07) is -0.585. The molecule has 5 nitrogen and oxygen atoms in total. The zero-order valence-corrected chi connectivity index (χ0v) is 15.7. The third-order valence-electron chi connectivity index (χ3n) is 5.22. The van der Waals surface area contributed by atoms with Crippen LogP contribution in [0.5, 0.6) is 0 Å². The molecule has 0 aliphatic heterocycles. The van der Waals surface area contributed by atoms with Crippen LogP contribution in [-0.4, -0.2) is 44.3 Å². The Morgan fingerprint density at radius 3 is 2.52 bits per heavy atom. The molecule has 1 heterocycles. The lowest BCUT2D eigenvalue weighted by molar-refractivity contribution is -0.171. The molecule has 0 radical (unpaired) electrons. The summed E-state index contributed by atoms with van der Waals surface area (Å²) in [6.07, 6.45) is -5.89. The Labute approximate surface area is 163 Å². The minimum Gasteiger partial charge on any atom is -0.386 e. The standard InChI is InChI=1S/C18H22F6N4O/c1-9(18(22,23)24)5-6-13-26-15(11-3-2-4-12(29)14(11)19)28-16(27-13)25-10-7-17(20,21)8-10/h9-10,12,29H,2-8H2,1H3,(H,25,26,27,28)/t9-,12?/m0/s1. The summed E-state index contributed by atoms with van der Waals surface area (Å²) in [4.78, 5) is 12.2. The van der Waals surface area contributed by atoms with Crippen molar-refractivity contribution in [1.29, 1.82) is 0 Å². The Kier molecular flexibility index (Phi) is 6.07. The highest BCUT2D eigenvalue weighted by atomic mass is 19.4. The van der Waals surface area contributed by atoms with E-state index in [2.05, 4.69) is 20.3 Å². The Hall–Kier alpha value is -1.91. The molecule has 0 amide bonds. The van der Waals surface area contributed by atoms with Gasteiger partial charge in [-0.1, -0.05) is 6.92 Å². The van der Waals surface area contributed by atoms with Crippen molar-refractivity contribution in [3.8, 4) is 0 Å². The van der Waals surface area contributed by atoms with Crippen molar-refractivity contribution in [3.63, 3.8) is 0 Å². The molecule has 0 saturated heterocycles. The van der Waals surface area contributed by atoms with Crippen LogP contribution in [0.2, 0.25) is 0 Å². The molecule has 162 valence electrons. The van der Waals surface area contributed by atoms with E-state index < -0.39 is 48.8 Å². The van der Waals surface area contributed by atoms with Gasteiger partial charge in [-0.05, 0) is 25.7 Å². The number of aromatic nitrogens is 3. The largest absolute Gasteiger partial charge is 0.391 e. The van der Waals surface area contributed by atoms with Gasteiger partial charge in [-0.3, -0.25) is 0 Å². The van der Waals surface area contributed by atoms with E-state index in [0.717, 1.165) is 6.92 Å². The van der Waals surface area contributed by atoms with Gasteiger partial charge in [0.25, 0.3) is 5.92 Å². The molecule has 3 rings (SSSR count). The third-order valence-corrected chi connectivity index (χ3v) is 5.22. The molecule has 1 aromatic heterocycles. The number of halogens is 6. The van der Waals surface area contributed by atoms with Crippen LogP contribution < -0.4 is 5.32 Å². The highest BCUT2D eigenvalue weighted by Crippen LogP contribution is 2.39. The fraction of sp³-hybridized carbons (Fsp3) is 0.722. The summed E-state index contributed by atoms with van der Waals surface area (Å²) in [7, 11) is 0. The highest BCUT2D eigenvalue weighted by Gasteiger charge is 2.45. The lowest BCUT2D eigenvalue weighted by Gasteiger charge is -2.35. The smallest absolute Gasteiger partial charge is 0.386 e. The normalized spacial score (nSPS) is 23.7. The van der Waals surface area contributed by atoms with Gasteiger partial charge in [0, 0.05) is 30.9 Å². The average molecular weight is 424 g/mol. The summed E-state index contributed by atoms with van der Waals surface area (Å²) >= 11 is 0. The molecule has 0 spiro atoms. The molecule has 2 N–H and O–H groups in total. The molecule has 1 unspecified atom stereocenters. The van der Waals surface area contributed by atoms with Crippen LogP contribution in [0.4, 0.5) is 32.3 Å². The van der Waals surface area contributed by atoms with E-state index in [1.165, 1.54) is 0 Å². The molecule has 2 aliphatic rings. The van der Waals surface area contributed by atoms with Crippen molar-refractivity contribution in [3.05, 3.63) is 17.5 Å². The molecular formula is C18H22F6N4O. The Balaban J connectivity index is 1.85. The van der Waals surface area contributed by atoms with Crippen LogP contribution in [0.15, 0.2) is 5.83 Å². The number of aliphatic hydroxyl groups excluding tert-OH is 1. The second-order valence-electron chi connectivity index (χ2n) is 7.72. The van der Waals surface area contributed by atoms with E-state index in [1.54, 1.807) is 0 Å². The maximum atomic E-state index is 14.4. The quantitative estimate of drug-likeness (QED) is 0.661. The first-order chi connectivity index (χ1) is 13.4. The fourth-order valence-electron chi connectivity index (χ4n) is 3.32. The minimum absolute atomic E-state index is 0.0139. The number of aryl methyl sites for hydroxylation is 1. The lowest BCUT2D eigenvalue weighted by Crippen LogP contribution is -2.44. The van der Waals surface area contributed by atoms with Crippen LogP contribution in [0.25, 0.3) is 5.57 Å². The molecule has 29 heavy (non-hydrogen) atoms. The first-order valence-electron chi connectivity index (χ1n) is 9.47. The molecule has 1 aromatic rings. The van der Waals surface area contributed by atoms with E-state index in [1.807, 2.05) is 0 Å². The topological polar surface area (TPSA) is 70.9 Å². The number of nitrogens with zero attached hydrogens (tertiary/aromatic N) is 3. The van der Waals surface area contributed by atoms with Crippen LogP contribution in [-0.2, 0) is 6.42 Å². The van der Waals surface area contributed by atoms with Gasteiger partial charge < -0.3 is 10.4 Å². The average Bonchev–Trinajstić information content (AvgIpc) is 2.59. The predicted molar refractivity (Wildman–Crippen MR) is 92.8 cm³/mol. The molecule has 1 saturated carbocycles. The second-order valence-corrected chi connectivity index (χ2v) is 7.72. The van der Waals surface area contributed by atoms with Crippen LogP contribution >= 0.6 is 0 Å². The number of hydrogen-bond donors (Lipinski definition) is 2. The number of nitrogens with one attached hydrogen (secondary N) is 1. The van der Waals surface area contributed by atoms with Crippen molar-refractivity contribution in [2.24, 2.45) is 5.92 Å². The lowest BCUT2D eigenvalue weighted by atomic mass is 9.88. The summed E-state index contributed by atoms with van der Waals surface area (Å²) in [5.74, 6) is -5.29. The van der Waals surface area contributed by atoms with Crippen molar-refractivity contribution in [2.45, 2.75) is 76.1 Å². The van der Waals surface area contributed by atoms with Gasteiger partial charge in [-0.15, -0.1) is 0 Å². The molecule has 2 atom stereocenters. The first-order valence-corrected chi connectivity index (χ1v) is 9.47. The zero-order valence-electron chi connectivity index (χ0n) is 15.7. The Morgan fingerprint density at radius 1 is 1.21 bits per heavy atom. The van der Waals surface area contributed by atoms with E-state index >= 15 is 0 Å². The van der Waals surface area contributed by atoms with Gasteiger partial charge in [-0.2, -0.15) is 23.1 Å². The van der Waals surface area contributed by atoms with Gasteiger partial charge in [0.1, 0.15) is 17.8 Å². The Morgan fingerprint density at radius 2 is 1.90 bits per heavy atom. The third kappa shape index (κ3) is 5.37. The van der Waals surface area contributed by atoms with Crippen molar-refractivity contribution in [2.75, 3.05) is 5.32 Å². The maximum absolute atomic E-state index is 14.4. The number of aliphatic hydroxyl groups is 1. The first kappa shape index (κ1) is 21.8. The van der Waals surface area contributed by atoms with Crippen molar-refractivity contribution in [1.82, 2.24) is 15.0 Å². The van der Waals surface area contributed by atoms with Crippen molar-refractivity contribution >= 4 is 11.5 Å². The minimum atomic E-state index is -4.36. The summed E-state index contributed by atoms with van der Waals surface area (Å²) in [6.45, 7) is 1.04. The van der Waals surface area contributed by atoms with Gasteiger partial charge >= 0.3 is 6.18 Å². The van der Waals surface area contributed by atoms with Crippen LogP contribution in [0, 0.1) is 5.92 Å². The number of allylic oxidation sites excluding steroid dienone is 1. The number of alkyl halides is 5. The van der Waals surface area contributed by atoms with Gasteiger partial charge in [0.15, 0.2) is 5.82 Å². The van der Waals surface area contributed by atoms with E-state index in [9.17, 15) is 31.4 Å². The highest BCUT2D eigenvalue weighted by molar-refractivity contribution is 5.64. The predicted octanol–water partition coefficient (Wildman–Crippen LogP) is 4.44. The van der Waals surface area contributed by atoms with Crippen LogP contribution in [0.3, 0.4) is 0 Å². The van der Waals surface area contributed by atoms with E-state index in [0.29, 0.717) is 6.42 Å². The van der Waals surface area contributed by atoms with E-state index in [-0.39, 0.29) is 48.9 Å². The molecular weight excluding hydrogens is 402 g/mol. The second kappa shape index (κ2) is 8.08. The number of rotatable bonds is 6. The van der Waals surface area contributed by atoms with Gasteiger partial charge in [0.05, 0.1) is 5.92 Å². The molecule has 1 fully saturated rings. The van der Waals surface area contributed by atoms with Crippen molar-refractivity contribution < 1.29 is 31.4 Å². The summed E-state index contributed by atoms with van der Waals surface area (Å²) in [5, 5.41) is 12.5.